The Morgan fingerprint density at radius 2 is 2.00 bits per heavy atom. The van der Waals surface area contributed by atoms with E-state index in [9.17, 15) is 9.59 Å². The average Bonchev–Trinajstić information content (AvgIpc) is 2.98. The Labute approximate surface area is 130 Å². The number of hydrogen-bond donors (Lipinski definition) is 1. The van der Waals surface area contributed by atoms with Gasteiger partial charge in [0.05, 0.1) is 18.4 Å². The molecule has 110 valence electrons. The molecule has 0 aliphatic rings. The predicted molar refractivity (Wildman–Crippen MR) is 79.6 cm³/mol. The maximum Gasteiger partial charge on any atom is 0.338 e. The number of carbonyl (C=O) groups is 2. The number of ether oxygens (including phenoxy) is 1. The number of halogens is 1. The number of esters is 1. The van der Waals surface area contributed by atoms with E-state index in [0.29, 0.717) is 11.3 Å². The molecule has 1 heterocycles. The molecule has 21 heavy (non-hydrogen) atoms. The van der Waals surface area contributed by atoms with E-state index in [1.807, 2.05) is 0 Å². The van der Waals surface area contributed by atoms with Crippen LogP contribution in [0.15, 0.2) is 51.6 Å². The molecule has 0 aliphatic heterocycles. The zero-order valence-electron chi connectivity index (χ0n) is 11.3. The second-order valence-corrected chi connectivity index (χ2v) is 5.27. The zero-order valence-corrected chi connectivity index (χ0v) is 12.9. The van der Waals surface area contributed by atoms with E-state index in [4.69, 9.17) is 9.15 Å². The van der Waals surface area contributed by atoms with E-state index in [1.54, 1.807) is 36.4 Å². The van der Waals surface area contributed by atoms with Crippen molar-refractivity contribution in [1.29, 1.82) is 0 Å². The lowest BCUT2D eigenvalue weighted by Gasteiger charge is -2.13. The van der Waals surface area contributed by atoms with Gasteiger partial charge in [0.25, 0.3) is 5.91 Å². The maximum atomic E-state index is 11.9. The Morgan fingerprint density at radius 1 is 1.29 bits per heavy atom. The van der Waals surface area contributed by atoms with Crippen molar-refractivity contribution >= 4 is 27.8 Å². The minimum atomic E-state index is -0.879. The monoisotopic (exact) mass is 351 g/mol. The molecule has 2 rings (SSSR count). The van der Waals surface area contributed by atoms with Crippen molar-refractivity contribution in [2.24, 2.45) is 0 Å². The topological polar surface area (TPSA) is 68.5 Å². The number of furan rings is 1. The third kappa shape index (κ3) is 4.46. The summed E-state index contributed by atoms with van der Waals surface area (Å²) in [6, 6.07) is 10.2. The molecule has 6 heteroatoms. The van der Waals surface area contributed by atoms with Crippen LogP contribution in [-0.4, -0.2) is 18.0 Å². The highest BCUT2D eigenvalue weighted by Gasteiger charge is 2.18. The Morgan fingerprint density at radius 3 is 2.62 bits per heavy atom. The predicted octanol–water partition coefficient (Wildman–Crippen LogP) is 2.90. The van der Waals surface area contributed by atoms with Gasteiger partial charge in [-0.3, -0.25) is 4.79 Å². The van der Waals surface area contributed by atoms with Crippen LogP contribution >= 0.6 is 15.9 Å². The lowest BCUT2D eigenvalue weighted by molar-refractivity contribution is -0.129. The lowest BCUT2D eigenvalue weighted by Crippen LogP contribution is -2.35. The molecule has 0 bridgehead atoms. The quantitative estimate of drug-likeness (QED) is 0.841. The maximum absolute atomic E-state index is 11.9. The molecule has 1 N–H and O–H groups in total. The molecule has 1 aromatic heterocycles. The van der Waals surface area contributed by atoms with Crippen LogP contribution in [0.1, 0.15) is 23.0 Å². The van der Waals surface area contributed by atoms with E-state index in [-0.39, 0.29) is 12.5 Å². The van der Waals surface area contributed by atoms with Crippen LogP contribution in [0.2, 0.25) is 0 Å². The van der Waals surface area contributed by atoms with Gasteiger partial charge in [-0.2, -0.15) is 0 Å². The molecule has 2 aromatic rings. The van der Waals surface area contributed by atoms with Gasteiger partial charge in [-0.25, -0.2) is 4.79 Å². The van der Waals surface area contributed by atoms with E-state index < -0.39 is 12.1 Å². The van der Waals surface area contributed by atoms with Gasteiger partial charge < -0.3 is 14.5 Å². The summed E-state index contributed by atoms with van der Waals surface area (Å²) in [5.41, 5.74) is 0.392. The first-order chi connectivity index (χ1) is 10.1. The van der Waals surface area contributed by atoms with E-state index in [0.717, 1.165) is 4.47 Å². The SMILES string of the molecule is C[C@@H](OC(=O)c1ccc(Br)cc1)C(=O)NCc1ccco1. The van der Waals surface area contributed by atoms with Crippen LogP contribution in [0, 0.1) is 0 Å². The molecule has 0 spiro atoms. The number of hydrogen-bond acceptors (Lipinski definition) is 4. The van der Waals surface area contributed by atoms with Crippen molar-refractivity contribution in [2.75, 3.05) is 0 Å². The minimum Gasteiger partial charge on any atom is -0.467 e. The Balaban J connectivity index is 1.85. The third-order valence-electron chi connectivity index (χ3n) is 2.75. The number of benzene rings is 1. The molecule has 1 amide bonds. The molecule has 0 aliphatic carbocycles. The fraction of sp³-hybridized carbons (Fsp3) is 0.200. The largest absolute Gasteiger partial charge is 0.467 e. The van der Waals surface area contributed by atoms with Gasteiger partial charge in [0, 0.05) is 4.47 Å². The van der Waals surface area contributed by atoms with Gasteiger partial charge in [-0.1, -0.05) is 15.9 Å². The summed E-state index contributed by atoms with van der Waals surface area (Å²) >= 11 is 3.28. The molecule has 1 aromatic carbocycles. The number of amides is 1. The van der Waals surface area contributed by atoms with Crippen molar-refractivity contribution in [3.63, 3.8) is 0 Å². The van der Waals surface area contributed by atoms with Crippen LogP contribution in [0.3, 0.4) is 0 Å². The highest BCUT2D eigenvalue weighted by Crippen LogP contribution is 2.12. The molecule has 1 atom stereocenters. The molecule has 0 unspecified atom stereocenters. The van der Waals surface area contributed by atoms with Crippen molar-refractivity contribution in [2.45, 2.75) is 19.6 Å². The van der Waals surface area contributed by atoms with Crippen molar-refractivity contribution in [1.82, 2.24) is 5.32 Å². The normalized spacial score (nSPS) is 11.7. The van der Waals surface area contributed by atoms with Gasteiger partial charge in [0.15, 0.2) is 6.10 Å². The average molecular weight is 352 g/mol. The van der Waals surface area contributed by atoms with Crippen molar-refractivity contribution in [3.8, 4) is 0 Å². The number of rotatable bonds is 5. The summed E-state index contributed by atoms with van der Waals surface area (Å²) in [6.45, 7) is 1.78. The van der Waals surface area contributed by atoms with E-state index in [1.165, 1.54) is 13.2 Å². The first-order valence-corrected chi connectivity index (χ1v) is 7.12. The van der Waals surface area contributed by atoms with Crippen LogP contribution < -0.4 is 5.32 Å². The highest BCUT2D eigenvalue weighted by molar-refractivity contribution is 9.10. The van der Waals surface area contributed by atoms with Gasteiger partial charge >= 0.3 is 5.97 Å². The van der Waals surface area contributed by atoms with Crippen LogP contribution in [0.4, 0.5) is 0 Å². The highest BCUT2D eigenvalue weighted by atomic mass is 79.9. The lowest BCUT2D eigenvalue weighted by atomic mass is 10.2. The summed E-state index contributed by atoms with van der Waals surface area (Å²) in [4.78, 5) is 23.7. The molecule has 0 saturated heterocycles. The van der Waals surface area contributed by atoms with Crippen molar-refractivity contribution in [3.05, 3.63) is 58.5 Å². The van der Waals surface area contributed by atoms with Gasteiger partial charge in [0.1, 0.15) is 5.76 Å². The smallest absolute Gasteiger partial charge is 0.338 e. The molecular formula is C15H14BrNO4. The zero-order chi connectivity index (χ0) is 15.2. The van der Waals surface area contributed by atoms with Gasteiger partial charge in [-0.05, 0) is 43.3 Å². The summed E-state index contributed by atoms with van der Waals surface area (Å²) in [7, 11) is 0. The minimum absolute atomic E-state index is 0.256. The third-order valence-corrected chi connectivity index (χ3v) is 3.28. The molecular weight excluding hydrogens is 338 g/mol. The van der Waals surface area contributed by atoms with Crippen LogP contribution in [0.5, 0.6) is 0 Å². The second-order valence-electron chi connectivity index (χ2n) is 4.35. The first-order valence-electron chi connectivity index (χ1n) is 6.33. The van der Waals surface area contributed by atoms with Gasteiger partial charge in [-0.15, -0.1) is 0 Å². The fourth-order valence-electron chi connectivity index (χ4n) is 1.60. The number of carbonyl (C=O) groups excluding carboxylic acids is 2. The standard InChI is InChI=1S/C15H14BrNO4/c1-10(14(18)17-9-13-3-2-8-20-13)21-15(19)11-4-6-12(16)7-5-11/h2-8,10H,9H2,1H3,(H,17,18)/t10-/m1/s1. The molecule has 0 fully saturated rings. The van der Waals surface area contributed by atoms with E-state index >= 15 is 0 Å². The summed E-state index contributed by atoms with van der Waals surface area (Å²) in [5, 5.41) is 2.63. The molecule has 5 nitrogen and oxygen atoms in total. The second kappa shape index (κ2) is 7.08. The van der Waals surface area contributed by atoms with Crippen LogP contribution in [-0.2, 0) is 16.1 Å². The summed E-state index contributed by atoms with van der Waals surface area (Å²) in [5.74, 6) is -0.283. The van der Waals surface area contributed by atoms with Gasteiger partial charge in [0.2, 0.25) is 0 Å². The first kappa shape index (κ1) is 15.3. The van der Waals surface area contributed by atoms with Crippen molar-refractivity contribution < 1.29 is 18.7 Å². The molecule has 0 radical (unpaired) electrons. The Kier molecular flexibility index (Phi) is 5.16. The molecule has 0 saturated carbocycles. The van der Waals surface area contributed by atoms with E-state index in [2.05, 4.69) is 21.2 Å². The Hall–Kier alpha value is -2.08. The fourth-order valence-corrected chi connectivity index (χ4v) is 1.86. The number of nitrogens with one attached hydrogen (secondary N) is 1. The van der Waals surface area contributed by atoms with Crippen LogP contribution in [0.25, 0.3) is 0 Å². The summed E-state index contributed by atoms with van der Waals surface area (Å²) < 4.78 is 11.1. The summed E-state index contributed by atoms with van der Waals surface area (Å²) in [6.07, 6.45) is 0.648. The Bertz CT molecular complexity index is 607.